The number of primary amides is 1. The molecule has 1 atom stereocenters. The van der Waals surface area contributed by atoms with E-state index in [9.17, 15) is 4.79 Å². The molecular formula is C14H15ClN4O. The number of imidazole rings is 1. The molecule has 6 heteroatoms. The number of para-hydroxylation sites is 1. The molecule has 0 aliphatic heterocycles. The summed E-state index contributed by atoms with van der Waals surface area (Å²) in [6.07, 6.45) is 0. The monoisotopic (exact) mass is 290 g/mol. The summed E-state index contributed by atoms with van der Waals surface area (Å²) in [4.78, 5) is 16.2. The van der Waals surface area contributed by atoms with Crippen LogP contribution in [-0.4, -0.2) is 15.5 Å². The second kappa shape index (κ2) is 5.51. The summed E-state index contributed by atoms with van der Waals surface area (Å²) < 4.78 is 1.75. The summed E-state index contributed by atoms with van der Waals surface area (Å²) in [6.45, 7) is 3.82. The van der Waals surface area contributed by atoms with E-state index in [-0.39, 0.29) is 11.8 Å². The second-order valence-electron chi connectivity index (χ2n) is 4.91. The molecule has 104 valence electrons. The molecule has 0 saturated heterocycles. The number of hydrogen-bond acceptors (Lipinski definition) is 3. The molecule has 20 heavy (non-hydrogen) atoms. The van der Waals surface area contributed by atoms with Gasteiger partial charge in [0, 0.05) is 0 Å². The summed E-state index contributed by atoms with van der Waals surface area (Å²) in [7, 11) is 0. The van der Waals surface area contributed by atoms with Gasteiger partial charge in [-0.2, -0.15) is 5.26 Å². The standard InChI is InChI=1S/C14H15ClN4O/c1-8(2)13(14(17)20)19-10-5-3-4-9(7-16)12(10)18-11(19)6-15/h3-5,8,13H,6H2,1-2H3,(H2,17,20). The van der Waals surface area contributed by atoms with E-state index in [4.69, 9.17) is 22.6 Å². The SMILES string of the molecule is CC(C)C(C(N)=O)n1c(CCl)nc2c(C#N)cccc21. The van der Waals surface area contributed by atoms with Crippen LogP contribution >= 0.6 is 11.6 Å². The van der Waals surface area contributed by atoms with Gasteiger partial charge in [0.2, 0.25) is 5.91 Å². The fourth-order valence-electron chi connectivity index (χ4n) is 2.41. The van der Waals surface area contributed by atoms with Gasteiger partial charge in [0.1, 0.15) is 23.5 Å². The van der Waals surface area contributed by atoms with Gasteiger partial charge in [0.15, 0.2) is 0 Å². The third-order valence-electron chi connectivity index (χ3n) is 3.23. The Morgan fingerprint density at radius 1 is 1.55 bits per heavy atom. The van der Waals surface area contributed by atoms with Crippen LogP contribution in [0.4, 0.5) is 0 Å². The number of halogens is 1. The minimum Gasteiger partial charge on any atom is -0.368 e. The van der Waals surface area contributed by atoms with Gasteiger partial charge < -0.3 is 10.3 Å². The highest BCUT2D eigenvalue weighted by molar-refractivity contribution is 6.17. The molecule has 0 radical (unpaired) electrons. The lowest BCUT2D eigenvalue weighted by atomic mass is 10.0. The summed E-state index contributed by atoms with van der Waals surface area (Å²) >= 11 is 5.93. The normalized spacial score (nSPS) is 12.6. The van der Waals surface area contributed by atoms with Crippen LogP contribution in [-0.2, 0) is 10.7 Å². The van der Waals surface area contributed by atoms with E-state index in [1.807, 2.05) is 19.9 Å². The third kappa shape index (κ3) is 2.23. The average molecular weight is 291 g/mol. The fourth-order valence-corrected chi connectivity index (χ4v) is 2.60. The molecule has 0 bridgehead atoms. The summed E-state index contributed by atoms with van der Waals surface area (Å²) in [5, 5.41) is 9.14. The van der Waals surface area contributed by atoms with Crippen molar-refractivity contribution >= 4 is 28.5 Å². The number of carbonyl (C=O) groups excluding carboxylic acids is 1. The Morgan fingerprint density at radius 2 is 2.25 bits per heavy atom. The van der Waals surface area contributed by atoms with Crippen LogP contribution in [0, 0.1) is 17.2 Å². The van der Waals surface area contributed by atoms with E-state index in [0.717, 1.165) is 0 Å². The van der Waals surface area contributed by atoms with E-state index in [2.05, 4.69) is 11.1 Å². The highest BCUT2D eigenvalue weighted by Crippen LogP contribution is 2.28. The number of carbonyl (C=O) groups is 1. The van der Waals surface area contributed by atoms with Crippen LogP contribution in [0.2, 0.25) is 0 Å². The Kier molecular flexibility index (Phi) is 3.96. The van der Waals surface area contributed by atoms with Crippen molar-refractivity contribution in [1.82, 2.24) is 9.55 Å². The minimum atomic E-state index is -0.539. The highest BCUT2D eigenvalue weighted by Gasteiger charge is 2.26. The van der Waals surface area contributed by atoms with Gasteiger partial charge in [-0.3, -0.25) is 4.79 Å². The molecule has 0 aliphatic rings. The molecule has 1 amide bonds. The van der Waals surface area contributed by atoms with Crippen molar-refractivity contribution in [2.45, 2.75) is 25.8 Å². The molecule has 1 aromatic heterocycles. The van der Waals surface area contributed by atoms with Crippen molar-refractivity contribution in [2.75, 3.05) is 0 Å². The molecule has 1 unspecified atom stereocenters. The molecule has 0 aliphatic carbocycles. The van der Waals surface area contributed by atoms with Crippen molar-refractivity contribution in [3.8, 4) is 6.07 Å². The van der Waals surface area contributed by atoms with Crippen LogP contribution in [0.3, 0.4) is 0 Å². The minimum absolute atomic E-state index is 0.00221. The maximum atomic E-state index is 11.8. The summed E-state index contributed by atoms with van der Waals surface area (Å²) in [5.41, 5.74) is 7.24. The fraction of sp³-hybridized carbons (Fsp3) is 0.357. The van der Waals surface area contributed by atoms with E-state index in [1.165, 1.54) is 0 Å². The number of aromatic nitrogens is 2. The van der Waals surface area contributed by atoms with Gasteiger partial charge in [0.25, 0.3) is 0 Å². The van der Waals surface area contributed by atoms with Crippen molar-refractivity contribution in [1.29, 1.82) is 5.26 Å². The quantitative estimate of drug-likeness (QED) is 0.877. The number of nitriles is 1. The maximum absolute atomic E-state index is 11.8. The molecule has 1 heterocycles. The van der Waals surface area contributed by atoms with Crippen molar-refractivity contribution in [3.05, 3.63) is 29.6 Å². The van der Waals surface area contributed by atoms with Crippen LogP contribution in [0.25, 0.3) is 11.0 Å². The molecule has 5 nitrogen and oxygen atoms in total. The largest absolute Gasteiger partial charge is 0.368 e. The molecule has 0 saturated carbocycles. The van der Waals surface area contributed by atoms with E-state index in [0.29, 0.717) is 22.4 Å². The van der Waals surface area contributed by atoms with Crippen molar-refractivity contribution in [2.24, 2.45) is 11.7 Å². The Labute approximate surface area is 122 Å². The zero-order valence-electron chi connectivity index (χ0n) is 11.3. The predicted octanol–water partition coefficient (Wildman–Crippen LogP) is 2.33. The molecule has 0 spiro atoms. The molecular weight excluding hydrogens is 276 g/mol. The molecule has 1 aromatic carbocycles. The lowest BCUT2D eigenvalue weighted by Crippen LogP contribution is -2.31. The van der Waals surface area contributed by atoms with Crippen LogP contribution in [0.1, 0.15) is 31.3 Å². The van der Waals surface area contributed by atoms with Crippen molar-refractivity contribution in [3.63, 3.8) is 0 Å². The van der Waals surface area contributed by atoms with Gasteiger partial charge in [-0.05, 0) is 18.1 Å². The first-order valence-electron chi connectivity index (χ1n) is 6.26. The average Bonchev–Trinajstić information content (AvgIpc) is 2.76. The van der Waals surface area contributed by atoms with E-state index in [1.54, 1.807) is 16.7 Å². The molecule has 2 aromatic rings. The number of amides is 1. The van der Waals surface area contributed by atoms with Gasteiger partial charge in [-0.1, -0.05) is 19.9 Å². The molecule has 2 N–H and O–H groups in total. The number of nitrogens with zero attached hydrogens (tertiary/aromatic N) is 3. The highest BCUT2D eigenvalue weighted by atomic mass is 35.5. The van der Waals surface area contributed by atoms with E-state index >= 15 is 0 Å². The first-order valence-corrected chi connectivity index (χ1v) is 6.80. The van der Waals surface area contributed by atoms with E-state index < -0.39 is 11.9 Å². The second-order valence-corrected chi connectivity index (χ2v) is 5.18. The van der Waals surface area contributed by atoms with Gasteiger partial charge in [-0.15, -0.1) is 11.6 Å². The third-order valence-corrected chi connectivity index (χ3v) is 3.47. The van der Waals surface area contributed by atoms with Gasteiger partial charge in [-0.25, -0.2) is 4.98 Å². The zero-order chi connectivity index (χ0) is 14.9. The predicted molar refractivity (Wildman–Crippen MR) is 77.1 cm³/mol. The molecule has 2 rings (SSSR count). The Balaban J connectivity index is 2.81. The number of benzene rings is 1. The smallest absolute Gasteiger partial charge is 0.240 e. The first kappa shape index (κ1) is 14.4. The summed E-state index contributed by atoms with van der Waals surface area (Å²) in [5.74, 6) is 0.253. The Hall–Kier alpha value is -2.06. The van der Waals surface area contributed by atoms with Crippen LogP contribution in [0.5, 0.6) is 0 Å². The number of nitrogens with two attached hydrogens (primary N) is 1. The Morgan fingerprint density at radius 3 is 2.75 bits per heavy atom. The molecule has 0 fully saturated rings. The van der Waals surface area contributed by atoms with Gasteiger partial charge >= 0.3 is 0 Å². The maximum Gasteiger partial charge on any atom is 0.240 e. The lowest BCUT2D eigenvalue weighted by molar-refractivity contribution is -0.122. The first-order chi connectivity index (χ1) is 9.51. The Bertz CT molecular complexity index is 699. The topological polar surface area (TPSA) is 84.7 Å². The van der Waals surface area contributed by atoms with Gasteiger partial charge in [0.05, 0.1) is 17.0 Å². The number of hydrogen-bond donors (Lipinski definition) is 1. The van der Waals surface area contributed by atoms with Crippen LogP contribution < -0.4 is 5.73 Å². The lowest BCUT2D eigenvalue weighted by Gasteiger charge is -2.21. The van der Waals surface area contributed by atoms with Crippen molar-refractivity contribution < 1.29 is 4.79 Å². The zero-order valence-corrected chi connectivity index (χ0v) is 12.1. The number of fused-ring (bicyclic) bond motifs is 1. The number of alkyl halides is 1. The summed E-state index contributed by atoms with van der Waals surface area (Å²) in [6, 6.07) is 6.82. The number of rotatable bonds is 4. The van der Waals surface area contributed by atoms with Crippen LogP contribution in [0.15, 0.2) is 18.2 Å².